The molecule has 0 heterocycles. The minimum atomic E-state index is -1.26. The molecule has 0 amide bonds. The molecule has 0 radical (unpaired) electrons. The molecule has 0 saturated carbocycles. The molecule has 6 nitrogen and oxygen atoms in total. The minimum absolute atomic E-state index is 0.189. The van der Waals surface area contributed by atoms with Gasteiger partial charge >= 0.3 is 5.97 Å². The van der Waals surface area contributed by atoms with Crippen molar-refractivity contribution in [3.8, 4) is 0 Å². The van der Waals surface area contributed by atoms with E-state index in [-0.39, 0.29) is 29.3 Å². The van der Waals surface area contributed by atoms with E-state index in [1.54, 1.807) is 12.1 Å². The van der Waals surface area contributed by atoms with Gasteiger partial charge in [-0.2, -0.15) is 0 Å². The van der Waals surface area contributed by atoms with Gasteiger partial charge in [0.2, 0.25) is 0 Å². The number of nitro groups is 1. The Balaban J connectivity index is 2.21. The predicted octanol–water partition coefficient (Wildman–Crippen LogP) is 3.04. The molecule has 21 heavy (non-hydrogen) atoms. The summed E-state index contributed by atoms with van der Waals surface area (Å²) in [6, 6.07) is 9.28. The van der Waals surface area contributed by atoms with Crippen LogP contribution in [-0.2, 0) is 6.54 Å². The molecule has 0 unspecified atom stereocenters. The summed E-state index contributed by atoms with van der Waals surface area (Å²) in [7, 11) is 0. The van der Waals surface area contributed by atoms with Crippen LogP contribution in [0.2, 0.25) is 0 Å². The van der Waals surface area contributed by atoms with E-state index in [2.05, 4.69) is 5.32 Å². The second kappa shape index (κ2) is 6.00. The van der Waals surface area contributed by atoms with Gasteiger partial charge in [-0.1, -0.05) is 12.1 Å². The monoisotopic (exact) mass is 290 g/mol. The van der Waals surface area contributed by atoms with Gasteiger partial charge in [0, 0.05) is 24.4 Å². The van der Waals surface area contributed by atoms with Crippen molar-refractivity contribution in [2.75, 3.05) is 5.32 Å². The molecule has 0 aliphatic heterocycles. The van der Waals surface area contributed by atoms with Crippen molar-refractivity contribution in [1.82, 2.24) is 0 Å². The summed E-state index contributed by atoms with van der Waals surface area (Å²) in [4.78, 5) is 21.1. The van der Waals surface area contributed by atoms with Gasteiger partial charge in [-0.3, -0.25) is 10.1 Å². The summed E-state index contributed by atoms with van der Waals surface area (Å²) >= 11 is 0. The molecule has 2 aromatic carbocycles. The largest absolute Gasteiger partial charge is 0.478 e. The molecule has 108 valence electrons. The van der Waals surface area contributed by atoms with Crippen LogP contribution in [0.25, 0.3) is 0 Å². The molecule has 0 aliphatic carbocycles. The van der Waals surface area contributed by atoms with E-state index in [1.807, 2.05) is 0 Å². The average molecular weight is 290 g/mol. The number of nitro benzene ring substituents is 1. The second-order valence-corrected chi connectivity index (χ2v) is 4.27. The summed E-state index contributed by atoms with van der Waals surface area (Å²) in [5.74, 6) is -1.62. The van der Waals surface area contributed by atoms with Crippen LogP contribution in [0, 0.1) is 15.9 Å². The third kappa shape index (κ3) is 3.53. The number of rotatable bonds is 5. The number of aromatic carboxylic acids is 1. The quantitative estimate of drug-likeness (QED) is 0.652. The zero-order chi connectivity index (χ0) is 15.4. The van der Waals surface area contributed by atoms with Crippen molar-refractivity contribution in [3.63, 3.8) is 0 Å². The lowest BCUT2D eigenvalue weighted by atomic mass is 10.1. The molecular weight excluding hydrogens is 279 g/mol. The molecule has 0 aliphatic rings. The standard InChI is InChI=1S/C14H11FN2O4/c15-10-3-1-9(2-4-10)8-16-13-6-5-11(17(20)21)7-12(13)14(18)19/h1-7,16H,8H2,(H,18,19). The number of hydrogen-bond donors (Lipinski definition) is 2. The molecule has 7 heteroatoms. The van der Waals surface area contributed by atoms with Crippen LogP contribution in [0.4, 0.5) is 15.8 Å². The summed E-state index contributed by atoms with van der Waals surface area (Å²) < 4.78 is 12.8. The fourth-order valence-corrected chi connectivity index (χ4v) is 1.78. The molecule has 2 N–H and O–H groups in total. The first-order valence-corrected chi connectivity index (χ1v) is 5.97. The highest BCUT2D eigenvalue weighted by Crippen LogP contribution is 2.22. The number of carbonyl (C=O) groups is 1. The van der Waals surface area contributed by atoms with Gasteiger partial charge in [-0.15, -0.1) is 0 Å². The first-order chi connectivity index (χ1) is 9.97. The van der Waals surface area contributed by atoms with Crippen LogP contribution in [0.3, 0.4) is 0 Å². The molecule has 2 rings (SSSR count). The molecular formula is C14H11FN2O4. The highest BCUT2D eigenvalue weighted by atomic mass is 19.1. The van der Waals surface area contributed by atoms with Crippen molar-refractivity contribution in [1.29, 1.82) is 0 Å². The summed E-state index contributed by atoms with van der Waals surface area (Å²) in [5.41, 5.74) is 0.537. The Kier molecular flexibility index (Phi) is 4.13. The number of nitrogens with zero attached hydrogens (tertiary/aromatic N) is 1. The van der Waals surface area contributed by atoms with E-state index < -0.39 is 10.9 Å². The number of halogens is 1. The molecule has 0 aromatic heterocycles. The van der Waals surface area contributed by atoms with Crippen LogP contribution in [0.1, 0.15) is 15.9 Å². The number of benzene rings is 2. The number of hydrogen-bond acceptors (Lipinski definition) is 4. The Hall–Kier alpha value is -2.96. The van der Waals surface area contributed by atoms with Gasteiger partial charge in [0.25, 0.3) is 5.69 Å². The zero-order valence-corrected chi connectivity index (χ0v) is 10.7. The van der Waals surface area contributed by atoms with Gasteiger partial charge in [-0.05, 0) is 23.8 Å². The third-order valence-electron chi connectivity index (χ3n) is 2.84. The number of anilines is 1. The van der Waals surface area contributed by atoms with E-state index in [4.69, 9.17) is 5.11 Å². The molecule has 0 spiro atoms. The van der Waals surface area contributed by atoms with Crippen molar-refractivity contribution in [2.24, 2.45) is 0 Å². The Labute approximate surface area is 119 Å². The van der Waals surface area contributed by atoms with Crippen LogP contribution >= 0.6 is 0 Å². The fourth-order valence-electron chi connectivity index (χ4n) is 1.78. The van der Waals surface area contributed by atoms with Crippen molar-refractivity contribution in [2.45, 2.75) is 6.54 Å². The number of carboxylic acids is 1. The first kappa shape index (κ1) is 14.4. The summed E-state index contributed by atoms with van der Waals surface area (Å²) in [6.07, 6.45) is 0. The van der Waals surface area contributed by atoms with Gasteiger partial charge in [0.15, 0.2) is 0 Å². The lowest BCUT2D eigenvalue weighted by Crippen LogP contribution is -2.07. The number of non-ortho nitro benzene ring substituents is 1. The highest BCUT2D eigenvalue weighted by molar-refractivity contribution is 5.95. The maximum Gasteiger partial charge on any atom is 0.338 e. The van der Waals surface area contributed by atoms with Gasteiger partial charge < -0.3 is 10.4 Å². The second-order valence-electron chi connectivity index (χ2n) is 4.27. The van der Waals surface area contributed by atoms with Crippen molar-refractivity contribution >= 4 is 17.3 Å². The Bertz CT molecular complexity index is 686. The molecule has 0 atom stereocenters. The highest BCUT2D eigenvalue weighted by Gasteiger charge is 2.15. The molecule has 0 fully saturated rings. The lowest BCUT2D eigenvalue weighted by Gasteiger charge is -2.09. The Morgan fingerprint density at radius 2 is 1.90 bits per heavy atom. The van der Waals surface area contributed by atoms with Gasteiger partial charge in [0.05, 0.1) is 10.5 Å². The lowest BCUT2D eigenvalue weighted by molar-refractivity contribution is -0.384. The Morgan fingerprint density at radius 1 is 1.24 bits per heavy atom. The normalized spacial score (nSPS) is 10.1. The first-order valence-electron chi connectivity index (χ1n) is 5.97. The molecule has 2 aromatic rings. The van der Waals surface area contributed by atoms with Gasteiger partial charge in [0.1, 0.15) is 5.82 Å². The van der Waals surface area contributed by atoms with Crippen LogP contribution in [-0.4, -0.2) is 16.0 Å². The predicted molar refractivity (Wildman–Crippen MR) is 73.8 cm³/mol. The summed E-state index contributed by atoms with van der Waals surface area (Å²) in [6.45, 7) is 0.276. The number of nitrogens with one attached hydrogen (secondary N) is 1. The van der Waals surface area contributed by atoms with Crippen LogP contribution < -0.4 is 5.32 Å². The Morgan fingerprint density at radius 3 is 2.48 bits per heavy atom. The smallest absolute Gasteiger partial charge is 0.338 e. The minimum Gasteiger partial charge on any atom is -0.478 e. The maximum atomic E-state index is 12.8. The summed E-state index contributed by atoms with van der Waals surface area (Å²) in [5, 5.41) is 22.6. The van der Waals surface area contributed by atoms with E-state index in [9.17, 15) is 19.3 Å². The maximum absolute atomic E-state index is 12.8. The van der Waals surface area contributed by atoms with E-state index in [0.29, 0.717) is 0 Å². The van der Waals surface area contributed by atoms with E-state index >= 15 is 0 Å². The van der Waals surface area contributed by atoms with Gasteiger partial charge in [-0.25, -0.2) is 9.18 Å². The van der Waals surface area contributed by atoms with Crippen LogP contribution in [0.15, 0.2) is 42.5 Å². The molecule has 0 saturated heterocycles. The van der Waals surface area contributed by atoms with Crippen molar-refractivity contribution in [3.05, 3.63) is 69.5 Å². The SMILES string of the molecule is O=C(O)c1cc([N+](=O)[O-])ccc1NCc1ccc(F)cc1. The average Bonchev–Trinajstić information content (AvgIpc) is 2.46. The number of carboxylic acid groups (broad SMARTS) is 1. The zero-order valence-electron chi connectivity index (χ0n) is 10.7. The third-order valence-corrected chi connectivity index (χ3v) is 2.84. The topological polar surface area (TPSA) is 92.5 Å². The van der Waals surface area contributed by atoms with E-state index in [1.165, 1.54) is 24.3 Å². The molecule has 0 bridgehead atoms. The fraction of sp³-hybridized carbons (Fsp3) is 0.0714. The van der Waals surface area contributed by atoms with Crippen LogP contribution in [0.5, 0.6) is 0 Å². The van der Waals surface area contributed by atoms with Crippen molar-refractivity contribution < 1.29 is 19.2 Å². The van der Waals surface area contributed by atoms with E-state index in [0.717, 1.165) is 11.6 Å².